The van der Waals surface area contributed by atoms with Crippen molar-refractivity contribution in [2.75, 3.05) is 0 Å². The van der Waals surface area contributed by atoms with Gasteiger partial charge >= 0.3 is 0 Å². The van der Waals surface area contributed by atoms with Gasteiger partial charge in [0, 0.05) is 17.3 Å². The van der Waals surface area contributed by atoms with Crippen molar-refractivity contribution in [1.29, 1.82) is 0 Å². The summed E-state index contributed by atoms with van der Waals surface area (Å²) in [5.41, 5.74) is 3.92. The van der Waals surface area contributed by atoms with Gasteiger partial charge in [-0.2, -0.15) is 5.10 Å². The van der Waals surface area contributed by atoms with Gasteiger partial charge in [-0.3, -0.25) is 14.7 Å². The Morgan fingerprint density at radius 3 is 2.84 bits per heavy atom. The number of rotatable bonds is 3. The Kier molecular flexibility index (Phi) is 3.93. The molecule has 0 fully saturated rings. The number of pyridine rings is 1. The molecule has 0 radical (unpaired) electrons. The van der Waals surface area contributed by atoms with E-state index >= 15 is 0 Å². The second kappa shape index (κ2) is 6.39. The fourth-order valence-corrected chi connectivity index (χ4v) is 3.28. The van der Waals surface area contributed by atoms with Crippen LogP contribution in [0.15, 0.2) is 53.3 Å². The average molecular weight is 334 g/mol. The first-order chi connectivity index (χ1) is 12.2. The smallest absolute Gasteiger partial charge is 0.269 e. The third-order valence-electron chi connectivity index (χ3n) is 4.53. The number of aromatic amines is 2. The lowest BCUT2D eigenvalue weighted by Gasteiger charge is -2.25. The Balaban J connectivity index is 1.54. The second-order valence-corrected chi connectivity index (χ2v) is 6.21. The molecule has 1 aliphatic carbocycles. The van der Waals surface area contributed by atoms with Gasteiger partial charge in [-0.1, -0.05) is 30.3 Å². The number of fused-ring (bicyclic) bond motifs is 1. The summed E-state index contributed by atoms with van der Waals surface area (Å²) in [6.07, 6.45) is 2.61. The van der Waals surface area contributed by atoms with Crippen LogP contribution in [-0.4, -0.2) is 21.1 Å². The van der Waals surface area contributed by atoms with Gasteiger partial charge in [0.25, 0.3) is 5.91 Å². The minimum atomic E-state index is -0.196. The minimum absolute atomic E-state index is 0.100. The zero-order chi connectivity index (χ0) is 17.2. The normalized spacial score (nSPS) is 16.2. The van der Waals surface area contributed by atoms with E-state index in [-0.39, 0.29) is 17.5 Å². The maximum atomic E-state index is 12.6. The van der Waals surface area contributed by atoms with E-state index < -0.39 is 0 Å². The molecule has 1 amide bonds. The predicted octanol–water partition coefficient (Wildman–Crippen LogP) is 2.57. The molecule has 0 saturated heterocycles. The highest BCUT2D eigenvalue weighted by molar-refractivity contribution is 5.93. The van der Waals surface area contributed by atoms with Crippen molar-refractivity contribution in [3.05, 3.63) is 75.8 Å². The van der Waals surface area contributed by atoms with Crippen molar-refractivity contribution in [2.45, 2.75) is 25.3 Å². The van der Waals surface area contributed by atoms with Crippen molar-refractivity contribution in [2.24, 2.45) is 0 Å². The maximum absolute atomic E-state index is 12.6. The molecule has 2 heterocycles. The number of aryl methyl sites for hydroxylation is 1. The third-order valence-corrected chi connectivity index (χ3v) is 4.53. The van der Waals surface area contributed by atoms with Crippen LogP contribution in [-0.2, 0) is 6.42 Å². The van der Waals surface area contributed by atoms with Crippen LogP contribution in [0.25, 0.3) is 11.3 Å². The fraction of sp³-hybridized carbons (Fsp3) is 0.211. The molecule has 126 valence electrons. The fourth-order valence-electron chi connectivity index (χ4n) is 3.28. The van der Waals surface area contributed by atoms with Gasteiger partial charge in [0.05, 0.1) is 11.7 Å². The van der Waals surface area contributed by atoms with Gasteiger partial charge in [0.2, 0.25) is 5.56 Å². The molecule has 25 heavy (non-hydrogen) atoms. The first kappa shape index (κ1) is 15.4. The highest BCUT2D eigenvalue weighted by atomic mass is 16.2. The molecular weight excluding hydrogens is 316 g/mol. The Morgan fingerprint density at radius 1 is 1.16 bits per heavy atom. The van der Waals surface area contributed by atoms with Gasteiger partial charge in [-0.15, -0.1) is 0 Å². The van der Waals surface area contributed by atoms with E-state index in [4.69, 9.17) is 0 Å². The number of amides is 1. The SMILES string of the molecule is O=C(N[C@H]1CCCc2[nH]c(=O)ccc21)c1cc(-c2ccccc2)n[nH]1. The molecule has 0 spiro atoms. The van der Waals surface area contributed by atoms with Crippen LogP contribution in [0.2, 0.25) is 0 Å². The summed E-state index contributed by atoms with van der Waals surface area (Å²) in [5.74, 6) is -0.196. The van der Waals surface area contributed by atoms with Crippen LogP contribution in [0.1, 0.15) is 40.6 Å². The Morgan fingerprint density at radius 2 is 2.00 bits per heavy atom. The molecule has 1 atom stereocenters. The molecule has 2 aromatic heterocycles. The van der Waals surface area contributed by atoms with E-state index in [9.17, 15) is 9.59 Å². The molecule has 6 nitrogen and oxygen atoms in total. The van der Waals surface area contributed by atoms with Crippen LogP contribution in [0, 0.1) is 0 Å². The van der Waals surface area contributed by atoms with Crippen LogP contribution >= 0.6 is 0 Å². The summed E-state index contributed by atoms with van der Waals surface area (Å²) in [6.45, 7) is 0. The Bertz CT molecular complexity index is 959. The molecule has 1 aliphatic rings. The summed E-state index contributed by atoms with van der Waals surface area (Å²) >= 11 is 0. The van der Waals surface area contributed by atoms with Gasteiger partial charge < -0.3 is 10.3 Å². The number of aromatic nitrogens is 3. The molecule has 0 aliphatic heterocycles. The molecule has 0 unspecified atom stereocenters. The lowest BCUT2D eigenvalue weighted by atomic mass is 9.91. The molecule has 6 heteroatoms. The lowest BCUT2D eigenvalue weighted by molar-refractivity contribution is 0.0927. The summed E-state index contributed by atoms with van der Waals surface area (Å²) in [7, 11) is 0. The zero-order valence-corrected chi connectivity index (χ0v) is 13.6. The third kappa shape index (κ3) is 3.10. The van der Waals surface area contributed by atoms with E-state index in [2.05, 4.69) is 20.5 Å². The Hall–Kier alpha value is -3.15. The van der Waals surface area contributed by atoms with Crippen molar-refractivity contribution >= 4 is 5.91 Å². The molecule has 4 rings (SSSR count). The summed E-state index contributed by atoms with van der Waals surface area (Å²) in [5, 5.41) is 10.1. The van der Waals surface area contributed by atoms with Crippen molar-refractivity contribution in [3.63, 3.8) is 0 Å². The summed E-state index contributed by atoms with van der Waals surface area (Å²) in [6, 6.07) is 14.7. The van der Waals surface area contributed by atoms with Gasteiger partial charge in [0.15, 0.2) is 0 Å². The number of carbonyl (C=O) groups is 1. The molecular formula is C19H18N4O2. The topological polar surface area (TPSA) is 90.6 Å². The predicted molar refractivity (Wildman–Crippen MR) is 94.2 cm³/mol. The van der Waals surface area contributed by atoms with Gasteiger partial charge in [0.1, 0.15) is 5.69 Å². The lowest BCUT2D eigenvalue weighted by Crippen LogP contribution is -2.32. The van der Waals surface area contributed by atoms with Crippen molar-refractivity contribution in [1.82, 2.24) is 20.5 Å². The van der Waals surface area contributed by atoms with Crippen molar-refractivity contribution in [3.8, 4) is 11.3 Å². The van der Waals surface area contributed by atoms with Crippen LogP contribution in [0.4, 0.5) is 0 Å². The van der Waals surface area contributed by atoms with E-state index in [0.717, 1.165) is 41.8 Å². The number of benzene rings is 1. The van der Waals surface area contributed by atoms with Crippen LogP contribution in [0.3, 0.4) is 0 Å². The number of H-pyrrole nitrogens is 2. The largest absolute Gasteiger partial charge is 0.344 e. The number of nitrogens with one attached hydrogen (secondary N) is 3. The highest BCUT2D eigenvalue weighted by Gasteiger charge is 2.23. The molecule has 0 saturated carbocycles. The Labute approximate surface area is 144 Å². The molecule has 1 aromatic carbocycles. The average Bonchev–Trinajstić information content (AvgIpc) is 3.13. The van der Waals surface area contributed by atoms with Gasteiger partial charge in [-0.25, -0.2) is 0 Å². The molecule has 3 aromatic rings. The molecule has 0 bridgehead atoms. The number of hydrogen-bond acceptors (Lipinski definition) is 3. The monoisotopic (exact) mass is 334 g/mol. The van der Waals surface area contributed by atoms with Crippen molar-refractivity contribution < 1.29 is 4.79 Å². The quantitative estimate of drug-likeness (QED) is 0.687. The number of carbonyl (C=O) groups excluding carboxylic acids is 1. The van der Waals surface area contributed by atoms with E-state index in [0.29, 0.717) is 5.69 Å². The molecule has 3 N–H and O–H groups in total. The standard InChI is InChI=1S/C19H18N4O2/c24-18-10-9-13-14(20-18)7-4-8-15(13)21-19(25)17-11-16(22-23-17)12-5-2-1-3-6-12/h1-3,5-6,9-11,15H,4,7-8H2,(H,20,24)(H,21,25)(H,22,23)/t15-/m0/s1. The van der Waals surface area contributed by atoms with Crippen LogP contribution < -0.4 is 10.9 Å². The van der Waals surface area contributed by atoms with Crippen LogP contribution in [0.5, 0.6) is 0 Å². The summed E-state index contributed by atoms with van der Waals surface area (Å²) in [4.78, 5) is 26.9. The van der Waals surface area contributed by atoms with E-state index in [1.54, 1.807) is 12.1 Å². The minimum Gasteiger partial charge on any atom is -0.344 e. The second-order valence-electron chi connectivity index (χ2n) is 6.21. The summed E-state index contributed by atoms with van der Waals surface area (Å²) < 4.78 is 0. The first-order valence-corrected chi connectivity index (χ1v) is 8.34. The number of hydrogen-bond donors (Lipinski definition) is 3. The first-order valence-electron chi connectivity index (χ1n) is 8.34. The van der Waals surface area contributed by atoms with Gasteiger partial charge in [-0.05, 0) is 37.0 Å². The number of nitrogens with zero attached hydrogens (tertiary/aromatic N) is 1. The highest BCUT2D eigenvalue weighted by Crippen LogP contribution is 2.28. The maximum Gasteiger partial charge on any atom is 0.269 e. The zero-order valence-electron chi connectivity index (χ0n) is 13.6. The van der Waals surface area contributed by atoms with E-state index in [1.807, 2.05) is 30.3 Å². The van der Waals surface area contributed by atoms with E-state index in [1.165, 1.54) is 6.07 Å².